The Bertz CT molecular complexity index is 467. The number of aromatic nitrogens is 2. The van der Waals surface area contributed by atoms with Crippen LogP contribution >= 0.6 is 11.6 Å². The normalized spacial score (nSPS) is 10.0. The quantitative estimate of drug-likeness (QED) is 0.627. The number of nitrogens with one attached hydrogen (secondary N) is 1. The maximum atomic E-state index is 8.69. The van der Waals surface area contributed by atoms with Crippen molar-refractivity contribution in [3.8, 4) is 6.07 Å². The lowest BCUT2D eigenvalue weighted by molar-refractivity contribution is 1.29. The van der Waals surface area contributed by atoms with E-state index in [1.807, 2.05) is 6.07 Å². The average Bonchev–Trinajstić information content (AvgIpc) is 2.50. The Kier molecular flexibility index (Phi) is 1.49. The molecule has 58 valence electrons. The Labute approximate surface area is 73.6 Å². The van der Waals surface area contributed by atoms with Crippen molar-refractivity contribution in [1.82, 2.24) is 9.97 Å². The van der Waals surface area contributed by atoms with Crippen LogP contribution in [-0.2, 0) is 0 Å². The van der Waals surface area contributed by atoms with E-state index >= 15 is 0 Å². The molecule has 0 fully saturated rings. The Morgan fingerprint density at radius 1 is 1.58 bits per heavy atom. The summed E-state index contributed by atoms with van der Waals surface area (Å²) in [6.45, 7) is 0. The Hall–Kier alpha value is -1.53. The number of nitriles is 1. The molecule has 0 saturated heterocycles. The molecule has 0 amide bonds. The monoisotopic (exact) mass is 177 g/mol. The summed E-state index contributed by atoms with van der Waals surface area (Å²) in [6, 6.07) is 5.48. The molecular weight excluding hydrogens is 174 g/mol. The molecule has 0 unspecified atom stereocenters. The summed E-state index contributed by atoms with van der Waals surface area (Å²) in [7, 11) is 0. The third kappa shape index (κ3) is 0.936. The van der Waals surface area contributed by atoms with Gasteiger partial charge < -0.3 is 4.98 Å². The second kappa shape index (κ2) is 2.50. The highest BCUT2D eigenvalue weighted by Crippen LogP contribution is 2.18. The minimum absolute atomic E-state index is 0.335. The van der Waals surface area contributed by atoms with Gasteiger partial charge in [-0.05, 0) is 12.1 Å². The van der Waals surface area contributed by atoms with E-state index in [0.717, 1.165) is 10.9 Å². The molecule has 0 aromatic carbocycles. The zero-order valence-corrected chi connectivity index (χ0v) is 6.76. The molecule has 12 heavy (non-hydrogen) atoms. The van der Waals surface area contributed by atoms with E-state index in [2.05, 4.69) is 9.97 Å². The minimum atomic E-state index is 0.335. The molecule has 0 atom stereocenters. The molecule has 1 N–H and O–H groups in total. The van der Waals surface area contributed by atoms with Crippen LogP contribution < -0.4 is 0 Å². The van der Waals surface area contributed by atoms with Crippen molar-refractivity contribution in [3.63, 3.8) is 0 Å². The van der Waals surface area contributed by atoms with Crippen LogP contribution in [0.1, 0.15) is 5.69 Å². The lowest BCUT2D eigenvalue weighted by Gasteiger charge is -1.93. The van der Waals surface area contributed by atoms with E-state index in [1.165, 1.54) is 0 Å². The van der Waals surface area contributed by atoms with Gasteiger partial charge in [0.05, 0.1) is 5.52 Å². The number of pyridine rings is 1. The lowest BCUT2D eigenvalue weighted by Crippen LogP contribution is -1.83. The molecule has 0 bridgehead atoms. The van der Waals surface area contributed by atoms with Crippen molar-refractivity contribution in [2.24, 2.45) is 0 Å². The number of aromatic amines is 1. The maximum Gasteiger partial charge on any atom is 0.151 e. The van der Waals surface area contributed by atoms with Crippen LogP contribution in [0, 0.1) is 11.3 Å². The SMILES string of the molecule is N#Cc1nc(Cl)cc2[nH]ccc12. The predicted molar refractivity (Wildman–Crippen MR) is 45.8 cm³/mol. The molecule has 0 aliphatic carbocycles. The van der Waals surface area contributed by atoms with Crippen LogP contribution in [0.15, 0.2) is 18.3 Å². The molecule has 2 aromatic rings. The van der Waals surface area contributed by atoms with Gasteiger partial charge in [0.1, 0.15) is 11.2 Å². The summed E-state index contributed by atoms with van der Waals surface area (Å²) in [5, 5.41) is 9.84. The molecule has 2 rings (SSSR count). The Morgan fingerprint density at radius 3 is 3.17 bits per heavy atom. The first-order valence-corrected chi connectivity index (χ1v) is 3.73. The summed E-state index contributed by atoms with van der Waals surface area (Å²) < 4.78 is 0. The van der Waals surface area contributed by atoms with Gasteiger partial charge in [0.2, 0.25) is 0 Å². The van der Waals surface area contributed by atoms with E-state index in [0.29, 0.717) is 10.8 Å². The van der Waals surface area contributed by atoms with E-state index in [1.54, 1.807) is 18.3 Å². The topological polar surface area (TPSA) is 52.5 Å². The number of nitrogens with zero attached hydrogens (tertiary/aromatic N) is 2. The fourth-order valence-electron chi connectivity index (χ4n) is 1.11. The largest absolute Gasteiger partial charge is 0.361 e. The van der Waals surface area contributed by atoms with Gasteiger partial charge in [0, 0.05) is 11.6 Å². The molecule has 2 aromatic heterocycles. The van der Waals surface area contributed by atoms with Crippen LogP contribution in [0.25, 0.3) is 10.9 Å². The zero-order valence-electron chi connectivity index (χ0n) is 6.00. The summed E-state index contributed by atoms with van der Waals surface area (Å²) in [5.41, 5.74) is 1.20. The highest BCUT2D eigenvalue weighted by Gasteiger charge is 2.03. The number of fused-ring (bicyclic) bond motifs is 1. The van der Waals surface area contributed by atoms with Crippen LogP contribution in [0.5, 0.6) is 0 Å². The number of hydrogen-bond donors (Lipinski definition) is 1. The fourth-order valence-corrected chi connectivity index (χ4v) is 1.31. The van der Waals surface area contributed by atoms with E-state index in [9.17, 15) is 0 Å². The molecule has 0 saturated carbocycles. The molecule has 0 spiro atoms. The van der Waals surface area contributed by atoms with Crippen LogP contribution in [-0.4, -0.2) is 9.97 Å². The van der Waals surface area contributed by atoms with Gasteiger partial charge in [-0.25, -0.2) is 4.98 Å². The Balaban J connectivity index is 2.91. The lowest BCUT2D eigenvalue weighted by atomic mass is 10.2. The van der Waals surface area contributed by atoms with Gasteiger partial charge in [0.15, 0.2) is 5.69 Å². The van der Waals surface area contributed by atoms with Crippen molar-refractivity contribution >= 4 is 22.5 Å². The van der Waals surface area contributed by atoms with Crippen molar-refractivity contribution in [1.29, 1.82) is 5.26 Å². The van der Waals surface area contributed by atoms with Crippen molar-refractivity contribution in [2.75, 3.05) is 0 Å². The molecule has 2 heterocycles. The van der Waals surface area contributed by atoms with Gasteiger partial charge in [-0.15, -0.1) is 0 Å². The van der Waals surface area contributed by atoms with Gasteiger partial charge in [0.25, 0.3) is 0 Å². The average molecular weight is 178 g/mol. The molecule has 3 nitrogen and oxygen atoms in total. The maximum absolute atomic E-state index is 8.69. The summed E-state index contributed by atoms with van der Waals surface area (Å²) in [6.07, 6.45) is 1.75. The summed E-state index contributed by atoms with van der Waals surface area (Å²) >= 11 is 5.68. The molecule has 0 radical (unpaired) electrons. The number of H-pyrrole nitrogens is 1. The first kappa shape index (κ1) is 7.14. The fraction of sp³-hybridized carbons (Fsp3) is 0. The van der Waals surface area contributed by atoms with Gasteiger partial charge in [-0.1, -0.05) is 11.6 Å². The van der Waals surface area contributed by atoms with Crippen molar-refractivity contribution in [2.45, 2.75) is 0 Å². The molecule has 0 aliphatic heterocycles. The van der Waals surface area contributed by atoms with E-state index < -0.39 is 0 Å². The van der Waals surface area contributed by atoms with E-state index in [-0.39, 0.29) is 0 Å². The predicted octanol–water partition coefficient (Wildman–Crippen LogP) is 2.09. The van der Waals surface area contributed by atoms with Crippen molar-refractivity contribution in [3.05, 3.63) is 29.2 Å². The Morgan fingerprint density at radius 2 is 2.42 bits per heavy atom. The van der Waals surface area contributed by atoms with Crippen molar-refractivity contribution < 1.29 is 0 Å². The van der Waals surface area contributed by atoms with Crippen LogP contribution in [0.2, 0.25) is 5.15 Å². The minimum Gasteiger partial charge on any atom is -0.361 e. The first-order valence-electron chi connectivity index (χ1n) is 3.35. The molecule has 0 aliphatic rings. The van der Waals surface area contributed by atoms with Gasteiger partial charge in [-0.2, -0.15) is 5.26 Å². The standard InChI is InChI=1S/C8H4ClN3/c9-8-3-6-5(1-2-11-6)7(4-10)12-8/h1-3,11H. The highest BCUT2D eigenvalue weighted by molar-refractivity contribution is 6.30. The van der Waals surface area contributed by atoms with Crippen LogP contribution in [0.4, 0.5) is 0 Å². The smallest absolute Gasteiger partial charge is 0.151 e. The summed E-state index contributed by atoms with van der Waals surface area (Å²) in [5.74, 6) is 0. The van der Waals surface area contributed by atoms with Crippen LogP contribution in [0.3, 0.4) is 0 Å². The van der Waals surface area contributed by atoms with Gasteiger partial charge >= 0.3 is 0 Å². The van der Waals surface area contributed by atoms with E-state index in [4.69, 9.17) is 16.9 Å². The number of halogens is 1. The highest BCUT2D eigenvalue weighted by atomic mass is 35.5. The first-order chi connectivity index (χ1) is 5.81. The second-order valence-corrected chi connectivity index (χ2v) is 2.73. The number of hydrogen-bond acceptors (Lipinski definition) is 2. The number of rotatable bonds is 0. The second-order valence-electron chi connectivity index (χ2n) is 2.34. The third-order valence-electron chi connectivity index (χ3n) is 1.62. The van der Waals surface area contributed by atoms with Gasteiger partial charge in [-0.3, -0.25) is 0 Å². The third-order valence-corrected chi connectivity index (χ3v) is 1.82. The summed E-state index contributed by atoms with van der Waals surface area (Å²) in [4.78, 5) is 6.84. The molecule has 4 heteroatoms. The molecular formula is C8H4ClN3. The zero-order chi connectivity index (χ0) is 8.55.